The molecule has 1 unspecified atom stereocenters. The van der Waals surface area contributed by atoms with Crippen LogP contribution >= 0.6 is 0 Å². The number of morpholine rings is 1. The first-order valence-corrected chi connectivity index (χ1v) is 6.88. The minimum atomic E-state index is 0.195. The van der Waals surface area contributed by atoms with Crippen LogP contribution in [-0.4, -0.2) is 68.2 Å². The van der Waals surface area contributed by atoms with Crippen LogP contribution in [0.4, 0.5) is 0 Å². The average molecular weight is 267 g/mol. The molecule has 2 fully saturated rings. The van der Waals surface area contributed by atoms with Crippen LogP contribution in [0.2, 0.25) is 0 Å². The molecule has 0 N–H and O–H groups in total. The van der Waals surface area contributed by atoms with Crippen LogP contribution in [0.5, 0.6) is 0 Å². The van der Waals surface area contributed by atoms with Crippen molar-refractivity contribution in [1.82, 2.24) is 9.80 Å². The number of hydrogen-bond acceptors (Lipinski definition) is 4. The van der Waals surface area contributed by atoms with Gasteiger partial charge in [0.25, 0.3) is 0 Å². The van der Waals surface area contributed by atoms with E-state index in [1.807, 2.05) is 4.90 Å². The molecule has 7 heteroatoms. The third kappa shape index (κ3) is 4.38. The second-order valence-corrected chi connectivity index (χ2v) is 5.13. The van der Waals surface area contributed by atoms with Gasteiger partial charge >= 0.3 is 0 Å². The first-order chi connectivity index (χ1) is 9.29. The van der Waals surface area contributed by atoms with Gasteiger partial charge in [0.05, 0.1) is 13.2 Å². The van der Waals surface area contributed by atoms with Gasteiger partial charge in [0.15, 0.2) is 0 Å². The summed E-state index contributed by atoms with van der Waals surface area (Å²) in [6.45, 7) is 6.62. The van der Waals surface area contributed by atoms with Crippen molar-refractivity contribution < 1.29 is 9.53 Å². The van der Waals surface area contributed by atoms with Gasteiger partial charge in [0.1, 0.15) is 0 Å². The van der Waals surface area contributed by atoms with Gasteiger partial charge in [-0.05, 0) is 17.9 Å². The summed E-state index contributed by atoms with van der Waals surface area (Å²) in [7, 11) is 0. The Balaban J connectivity index is 1.65. The average Bonchev–Trinajstić information content (AvgIpc) is 2.78. The molecule has 0 aromatic heterocycles. The molecule has 0 aromatic carbocycles. The van der Waals surface area contributed by atoms with Crippen LogP contribution in [0.15, 0.2) is 5.11 Å². The van der Waals surface area contributed by atoms with Gasteiger partial charge in [-0.1, -0.05) is 5.11 Å². The van der Waals surface area contributed by atoms with E-state index in [0.29, 0.717) is 13.0 Å². The van der Waals surface area contributed by atoms with Gasteiger partial charge in [-0.25, -0.2) is 0 Å². The molecule has 0 radical (unpaired) electrons. The standard InChI is InChI=1S/C12H21N5O2/c13-15-14-9-11-8-12(18)17(10-11)3-1-2-16-4-6-19-7-5-16/h11H,1-10H2. The minimum absolute atomic E-state index is 0.195. The molecule has 0 bridgehead atoms. The summed E-state index contributed by atoms with van der Waals surface area (Å²) in [5.74, 6) is 0.395. The second-order valence-electron chi connectivity index (χ2n) is 5.13. The van der Waals surface area contributed by atoms with Crippen molar-refractivity contribution in [1.29, 1.82) is 0 Å². The molecule has 1 atom stereocenters. The van der Waals surface area contributed by atoms with E-state index in [1.165, 1.54) is 0 Å². The number of ether oxygens (including phenoxy) is 1. The molecule has 0 aliphatic carbocycles. The number of likely N-dealkylation sites (tertiary alicyclic amines) is 1. The fourth-order valence-corrected chi connectivity index (χ4v) is 2.65. The van der Waals surface area contributed by atoms with E-state index >= 15 is 0 Å². The molecule has 7 nitrogen and oxygen atoms in total. The van der Waals surface area contributed by atoms with E-state index < -0.39 is 0 Å². The van der Waals surface area contributed by atoms with Crippen LogP contribution in [0.3, 0.4) is 0 Å². The van der Waals surface area contributed by atoms with Crippen LogP contribution < -0.4 is 0 Å². The summed E-state index contributed by atoms with van der Waals surface area (Å²) in [4.78, 5) is 18.8. The van der Waals surface area contributed by atoms with Crippen molar-refractivity contribution in [3.05, 3.63) is 10.4 Å². The Morgan fingerprint density at radius 2 is 2.16 bits per heavy atom. The fraction of sp³-hybridized carbons (Fsp3) is 0.917. The molecular weight excluding hydrogens is 246 g/mol. The van der Waals surface area contributed by atoms with Gasteiger partial charge in [-0.2, -0.15) is 0 Å². The lowest BCUT2D eigenvalue weighted by Crippen LogP contribution is -2.38. The van der Waals surface area contributed by atoms with Crippen molar-refractivity contribution >= 4 is 5.91 Å². The molecule has 106 valence electrons. The zero-order valence-electron chi connectivity index (χ0n) is 11.2. The van der Waals surface area contributed by atoms with Crippen LogP contribution in [-0.2, 0) is 9.53 Å². The molecule has 1 amide bonds. The summed E-state index contributed by atoms with van der Waals surface area (Å²) in [5, 5.41) is 3.56. The van der Waals surface area contributed by atoms with Gasteiger partial charge in [-0.15, -0.1) is 0 Å². The summed E-state index contributed by atoms with van der Waals surface area (Å²) in [6, 6.07) is 0. The van der Waals surface area contributed by atoms with Crippen molar-refractivity contribution in [2.24, 2.45) is 11.0 Å². The predicted octanol–water partition coefficient (Wildman–Crippen LogP) is 0.867. The van der Waals surface area contributed by atoms with Crippen molar-refractivity contribution in [2.75, 3.05) is 52.5 Å². The quantitative estimate of drug-likeness (QED) is 0.407. The monoisotopic (exact) mass is 267 g/mol. The molecule has 2 rings (SSSR count). The molecule has 19 heavy (non-hydrogen) atoms. The van der Waals surface area contributed by atoms with E-state index in [2.05, 4.69) is 14.9 Å². The van der Waals surface area contributed by atoms with E-state index in [9.17, 15) is 4.79 Å². The van der Waals surface area contributed by atoms with E-state index in [0.717, 1.165) is 52.4 Å². The maximum absolute atomic E-state index is 11.8. The Morgan fingerprint density at radius 1 is 1.37 bits per heavy atom. The number of azide groups is 1. The lowest BCUT2D eigenvalue weighted by Gasteiger charge is -2.27. The van der Waals surface area contributed by atoms with Gasteiger partial charge in [0.2, 0.25) is 5.91 Å². The van der Waals surface area contributed by atoms with Crippen molar-refractivity contribution in [2.45, 2.75) is 12.8 Å². The maximum atomic E-state index is 11.8. The Morgan fingerprint density at radius 3 is 2.89 bits per heavy atom. The molecule has 2 aliphatic rings. The summed E-state index contributed by atoms with van der Waals surface area (Å²) in [6.07, 6.45) is 1.52. The zero-order chi connectivity index (χ0) is 13.5. The Kier molecular flexibility index (Phi) is 5.44. The van der Waals surface area contributed by atoms with Gasteiger partial charge < -0.3 is 9.64 Å². The number of hydrogen-bond donors (Lipinski definition) is 0. The van der Waals surface area contributed by atoms with Crippen LogP contribution in [0.1, 0.15) is 12.8 Å². The fourth-order valence-electron chi connectivity index (χ4n) is 2.65. The molecule has 2 saturated heterocycles. The van der Waals surface area contributed by atoms with Gasteiger partial charge in [-0.3, -0.25) is 9.69 Å². The summed E-state index contributed by atoms with van der Waals surface area (Å²) >= 11 is 0. The third-order valence-corrected chi connectivity index (χ3v) is 3.70. The number of carbonyl (C=O) groups is 1. The lowest BCUT2D eigenvalue weighted by atomic mass is 10.1. The third-order valence-electron chi connectivity index (χ3n) is 3.70. The van der Waals surface area contributed by atoms with Crippen molar-refractivity contribution in [3.8, 4) is 0 Å². The molecular formula is C12H21N5O2. The maximum Gasteiger partial charge on any atom is 0.222 e. The molecule has 0 saturated carbocycles. The number of amides is 1. The highest BCUT2D eigenvalue weighted by molar-refractivity contribution is 5.78. The normalized spacial score (nSPS) is 24.5. The highest BCUT2D eigenvalue weighted by Gasteiger charge is 2.28. The highest BCUT2D eigenvalue weighted by atomic mass is 16.5. The molecule has 2 heterocycles. The van der Waals surface area contributed by atoms with Crippen LogP contribution in [0, 0.1) is 5.92 Å². The smallest absolute Gasteiger partial charge is 0.222 e. The van der Waals surface area contributed by atoms with E-state index in [1.54, 1.807) is 0 Å². The minimum Gasteiger partial charge on any atom is -0.379 e. The summed E-state index contributed by atoms with van der Waals surface area (Å²) in [5.41, 5.74) is 8.29. The second kappa shape index (κ2) is 7.33. The van der Waals surface area contributed by atoms with Crippen molar-refractivity contribution in [3.63, 3.8) is 0 Å². The number of carbonyl (C=O) groups excluding carboxylic acids is 1. The first-order valence-electron chi connectivity index (χ1n) is 6.88. The van der Waals surface area contributed by atoms with E-state index in [4.69, 9.17) is 10.3 Å². The summed E-state index contributed by atoms with van der Waals surface area (Å²) < 4.78 is 5.30. The van der Waals surface area contributed by atoms with Crippen LogP contribution in [0.25, 0.3) is 10.4 Å². The highest BCUT2D eigenvalue weighted by Crippen LogP contribution is 2.18. The molecule has 2 aliphatic heterocycles. The Labute approximate surface area is 113 Å². The SMILES string of the molecule is [N-]=[N+]=NCC1CC(=O)N(CCCN2CCOCC2)C1. The first kappa shape index (κ1) is 14.1. The van der Waals surface area contributed by atoms with E-state index in [-0.39, 0.29) is 11.8 Å². The Hall–Kier alpha value is -1.30. The number of rotatable bonds is 6. The molecule has 0 aromatic rings. The van der Waals surface area contributed by atoms with Gasteiger partial charge in [0, 0.05) is 50.6 Å². The zero-order valence-corrected chi connectivity index (χ0v) is 11.2. The number of nitrogens with zero attached hydrogens (tertiary/aromatic N) is 5. The molecule has 0 spiro atoms. The largest absolute Gasteiger partial charge is 0.379 e. The predicted molar refractivity (Wildman–Crippen MR) is 70.6 cm³/mol. The topological polar surface area (TPSA) is 81.5 Å². The Bertz CT molecular complexity index is 350. The lowest BCUT2D eigenvalue weighted by molar-refractivity contribution is -0.127.